The molecule has 0 radical (unpaired) electrons. The molecule has 0 bridgehead atoms. The summed E-state index contributed by atoms with van der Waals surface area (Å²) in [5.41, 5.74) is 0. The number of rotatable bonds is 0. The summed E-state index contributed by atoms with van der Waals surface area (Å²) >= 11 is 10.8. The first-order chi connectivity index (χ1) is 4.63. The highest BCUT2D eigenvalue weighted by Crippen LogP contribution is 2.34. The molecule has 0 aliphatic carbocycles. The van der Waals surface area contributed by atoms with Gasteiger partial charge in [0, 0.05) is 0 Å². The Balaban J connectivity index is 3.34. The summed E-state index contributed by atoms with van der Waals surface area (Å²) in [6.45, 7) is 0. The van der Waals surface area contributed by atoms with E-state index in [0.29, 0.717) is 9.50 Å². The van der Waals surface area contributed by atoms with Crippen molar-refractivity contribution in [3.8, 4) is 5.75 Å². The Hall–Kier alpha value is 0.520. The van der Waals surface area contributed by atoms with E-state index in [-0.39, 0.29) is 5.75 Å². The normalized spacial score (nSPS) is 9.90. The van der Waals surface area contributed by atoms with Crippen LogP contribution in [-0.4, -0.2) is 5.11 Å². The molecule has 0 saturated carbocycles. The zero-order valence-electron chi connectivity index (χ0n) is 4.74. The zero-order chi connectivity index (χ0) is 7.72. The van der Waals surface area contributed by atoms with Gasteiger partial charge >= 0.3 is 0 Å². The number of hydrogen-bond acceptors (Lipinski definition) is 1. The van der Waals surface area contributed by atoms with Gasteiger partial charge in [0.1, 0.15) is 5.75 Å². The first-order valence-electron chi connectivity index (χ1n) is 2.45. The maximum Gasteiger partial charge on any atom is 0.144 e. The lowest BCUT2D eigenvalue weighted by atomic mass is 10.3. The van der Waals surface area contributed by atoms with Crippen LogP contribution in [0.25, 0.3) is 0 Å². The maximum absolute atomic E-state index is 9.25. The fourth-order valence-corrected chi connectivity index (χ4v) is 1.83. The van der Waals surface area contributed by atoms with Gasteiger partial charge in [-0.2, -0.15) is 0 Å². The molecule has 0 amide bonds. The van der Waals surface area contributed by atoms with E-state index in [4.69, 9.17) is 11.6 Å². The second kappa shape index (κ2) is 3.28. The summed E-state index contributed by atoms with van der Waals surface area (Å²) < 4.78 is 1.34. The molecular weight excluding hydrogens is 330 g/mol. The minimum atomic E-state index is 0.202. The van der Waals surface area contributed by atoms with E-state index < -0.39 is 0 Å². The van der Waals surface area contributed by atoms with Crippen LogP contribution < -0.4 is 0 Å². The maximum atomic E-state index is 9.25. The molecule has 4 heteroatoms. The number of aromatic hydroxyl groups is 1. The van der Waals surface area contributed by atoms with E-state index in [1.807, 2.05) is 22.6 Å². The number of phenolic OH excluding ortho intramolecular Hbond substituents is 1. The third-order valence-electron chi connectivity index (χ3n) is 1.02. The SMILES string of the molecule is Oc1c(I)ccc(Cl)c1Br. The van der Waals surface area contributed by atoms with Crippen molar-refractivity contribution in [3.05, 3.63) is 25.2 Å². The topological polar surface area (TPSA) is 20.2 Å². The van der Waals surface area contributed by atoms with Gasteiger partial charge in [0.05, 0.1) is 13.1 Å². The number of phenols is 1. The smallest absolute Gasteiger partial charge is 0.144 e. The Labute approximate surface area is 85.7 Å². The second-order valence-corrected chi connectivity index (χ2v) is 4.05. The number of hydrogen-bond donors (Lipinski definition) is 1. The largest absolute Gasteiger partial charge is 0.506 e. The molecule has 10 heavy (non-hydrogen) atoms. The summed E-state index contributed by atoms with van der Waals surface area (Å²) in [5, 5.41) is 9.77. The van der Waals surface area contributed by atoms with Gasteiger partial charge in [0.2, 0.25) is 0 Å². The molecule has 1 aromatic rings. The monoisotopic (exact) mass is 332 g/mol. The van der Waals surface area contributed by atoms with Crippen LogP contribution in [0, 0.1) is 3.57 Å². The van der Waals surface area contributed by atoms with Crippen molar-refractivity contribution in [1.82, 2.24) is 0 Å². The molecule has 0 unspecified atom stereocenters. The molecule has 0 atom stereocenters. The van der Waals surface area contributed by atoms with Crippen molar-refractivity contribution < 1.29 is 5.11 Å². The van der Waals surface area contributed by atoms with Gasteiger partial charge in [-0.05, 0) is 50.7 Å². The van der Waals surface area contributed by atoms with E-state index in [1.54, 1.807) is 12.1 Å². The molecule has 54 valence electrons. The Morgan fingerprint density at radius 3 is 2.60 bits per heavy atom. The standard InChI is InChI=1S/C6H3BrClIO/c7-5-3(8)1-2-4(9)6(5)10/h1-2,10H. The molecule has 1 rings (SSSR count). The number of halogens is 3. The minimum absolute atomic E-state index is 0.202. The average Bonchev–Trinajstić information content (AvgIpc) is 1.93. The van der Waals surface area contributed by atoms with Crippen LogP contribution in [0.15, 0.2) is 16.6 Å². The van der Waals surface area contributed by atoms with Crippen molar-refractivity contribution in [3.63, 3.8) is 0 Å². The summed E-state index contributed by atoms with van der Waals surface area (Å²) in [6, 6.07) is 3.48. The Morgan fingerprint density at radius 2 is 2.10 bits per heavy atom. The van der Waals surface area contributed by atoms with Gasteiger partial charge in [-0.1, -0.05) is 11.6 Å². The minimum Gasteiger partial charge on any atom is -0.506 e. The third kappa shape index (κ3) is 1.57. The van der Waals surface area contributed by atoms with E-state index in [0.717, 1.165) is 3.57 Å². The molecular formula is C6H3BrClIO. The Kier molecular flexibility index (Phi) is 2.82. The van der Waals surface area contributed by atoms with Crippen LogP contribution in [0.4, 0.5) is 0 Å². The van der Waals surface area contributed by atoms with Crippen LogP contribution in [0.2, 0.25) is 5.02 Å². The predicted molar refractivity (Wildman–Crippen MR) is 53.5 cm³/mol. The Bertz CT molecular complexity index is 237. The van der Waals surface area contributed by atoms with Crippen molar-refractivity contribution in [2.24, 2.45) is 0 Å². The van der Waals surface area contributed by atoms with Crippen molar-refractivity contribution in [1.29, 1.82) is 0 Å². The van der Waals surface area contributed by atoms with E-state index in [9.17, 15) is 5.11 Å². The third-order valence-corrected chi connectivity index (χ3v) is 3.24. The lowest BCUT2D eigenvalue weighted by molar-refractivity contribution is 0.468. The van der Waals surface area contributed by atoms with Crippen LogP contribution in [0.1, 0.15) is 0 Å². The highest BCUT2D eigenvalue weighted by Gasteiger charge is 2.05. The van der Waals surface area contributed by atoms with Crippen LogP contribution in [-0.2, 0) is 0 Å². The van der Waals surface area contributed by atoms with Gasteiger partial charge in [-0.25, -0.2) is 0 Å². The zero-order valence-corrected chi connectivity index (χ0v) is 9.24. The van der Waals surface area contributed by atoms with E-state index >= 15 is 0 Å². The molecule has 1 aromatic carbocycles. The Morgan fingerprint density at radius 1 is 1.50 bits per heavy atom. The van der Waals surface area contributed by atoms with Crippen LogP contribution in [0.3, 0.4) is 0 Å². The van der Waals surface area contributed by atoms with Gasteiger partial charge in [0.15, 0.2) is 0 Å². The molecule has 1 nitrogen and oxygen atoms in total. The molecule has 0 saturated heterocycles. The van der Waals surface area contributed by atoms with Gasteiger partial charge in [0.25, 0.3) is 0 Å². The highest BCUT2D eigenvalue weighted by molar-refractivity contribution is 14.1. The first-order valence-corrected chi connectivity index (χ1v) is 4.70. The van der Waals surface area contributed by atoms with Gasteiger partial charge in [-0.3, -0.25) is 0 Å². The van der Waals surface area contributed by atoms with Crippen LogP contribution in [0.5, 0.6) is 5.75 Å². The van der Waals surface area contributed by atoms with Crippen molar-refractivity contribution in [2.45, 2.75) is 0 Å². The summed E-state index contributed by atoms with van der Waals surface area (Å²) in [4.78, 5) is 0. The molecule has 0 aliphatic rings. The molecule has 0 fully saturated rings. The number of benzene rings is 1. The summed E-state index contributed by atoms with van der Waals surface area (Å²) in [6.07, 6.45) is 0. The lowest BCUT2D eigenvalue weighted by Crippen LogP contribution is -1.75. The van der Waals surface area contributed by atoms with Crippen molar-refractivity contribution >= 4 is 50.1 Å². The fraction of sp³-hybridized carbons (Fsp3) is 0. The van der Waals surface area contributed by atoms with E-state index in [1.165, 1.54) is 0 Å². The summed E-state index contributed by atoms with van der Waals surface area (Å²) in [5.74, 6) is 0.202. The predicted octanol–water partition coefficient (Wildman–Crippen LogP) is 3.41. The van der Waals surface area contributed by atoms with E-state index in [2.05, 4.69) is 15.9 Å². The molecule has 0 aliphatic heterocycles. The molecule has 0 spiro atoms. The summed E-state index contributed by atoms with van der Waals surface area (Å²) in [7, 11) is 0. The first kappa shape index (κ1) is 8.62. The quantitative estimate of drug-likeness (QED) is 0.570. The lowest BCUT2D eigenvalue weighted by Gasteiger charge is -2.00. The second-order valence-electron chi connectivity index (χ2n) is 1.69. The molecule has 1 N–H and O–H groups in total. The highest BCUT2D eigenvalue weighted by atomic mass is 127. The molecule has 0 aromatic heterocycles. The van der Waals surface area contributed by atoms with Crippen LogP contribution >= 0.6 is 50.1 Å². The molecule has 0 heterocycles. The average molecular weight is 333 g/mol. The van der Waals surface area contributed by atoms with Crippen molar-refractivity contribution in [2.75, 3.05) is 0 Å². The van der Waals surface area contributed by atoms with Gasteiger partial charge in [-0.15, -0.1) is 0 Å². The van der Waals surface area contributed by atoms with Gasteiger partial charge < -0.3 is 5.11 Å². The fourth-order valence-electron chi connectivity index (χ4n) is 0.516.